The highest BCUT2D eigenvalue weighted by Gasteiger charge is 2.21. The second-order valence-corrected chi connectivity index (χ2v) is 3.75. The first-order valence-corrected chi connectivity index (χ1v) is 5.27. The van der Waals surface area contributed by atoms with Crippen LogP contribution in [0, 0.1) is 6.92 Å². The molecular weight excluding hydrogens is 240 g/mol. The fourth-order valence-corrected chi connectivity index (χ4v) is 1.74. The second kappa shape index (κ2) is 4.61. The summed E-state index contributed by atoms with van der Waals surface area (Å²) in [5.74, 6) is -1.03. The summed E-state index contributed by atoms with van der Waals surface area (Å²) in [4.78, 5) is 27.2. The van der Waals surface area contributed by atoms with Gasteiger partial charge in [0.2, 0.25) is 5.71 Å². The summed E-state index contributed by atoms with van der Waals surface area (Å²) in [6, 6.07) is 0. The standard InChI is InChI=1S/C11H12N2O5/c1-6-7(11(15)16)8-9(18-6)12-5-13(10(8)14)3-4-17-2/h5H,3-4H2,1-2H3,(H,15,16). The lowest BCUT2D eigenvalue weighted by Crippen LogP contribution is -2.23. The van der Waals surface area contributed by atoms with Gasteiger partial charge >= 0.3 is 5.97 Å². The number of fused-ring (bicyclic) bond motifs is 1. The number of rotatable bonds is 4. The summed E-state index contributed by atoms with van der Waals surface area (Å²) in [6.45, 7) is 2.14. The van der Waals surface area contributed by atoms with Crippen molar-refractivity contribution in [1.29, 1.82) is 0 Å². The third-order valence-corrected chi connectivity index (χ3v) is 2.60. The normalized spacial score (nSPS) is 11.0. The maximum Gasteiger partial charge on any atom is 0.340 e. The van der Waals surface area contributed by atoms with Gasteiger partial charge in [-0.2, -0.15) is 0 Å². The Bertz CT molecular complexity index is 655. The van der Waals surface area contributed by atoms with E-state index in [1.54, 1.807) is 0 Å². The lowest BCUT2D eigenvalue weighted by atomic mass is 10.2. The van der Waals surface area contributed by atoms with E-state index in [-0.39, 0.29) is 22.4 Å². The average molecular weight is 252 g/mol. The molecule has 0 aliphatic heterocycles. The SMILES string of the molecule is COCCn1cnc2oc(C)c(C(=O)O)c2c1=O. The average Bonchev–Trinajstić information content (AvgIpc) is 2.65. The van der Waals surface area contributed by atoms with Gasteiger partial charge in [-0.1, -0.05) is 0 Å². The van der Waals surface area contributed by atoms with E-state index in [1.807, 2.05) is 0 Å². The van der Waals surface area contributed by atoms with E-state index >= 15 is 0 Å². The number of carbonyl (C=O) groups is 1. The van der Waals surface area contributed by atoms with Crippen LogP contribution < -0.4 is 5.56 Å². The number of nitrogens with zero attached hydrogens (tertiary/aromatic N) is 2. The van der Waals surface area contributed by atoms with Crippen molar-refractivity contribution in [3.63, 3.8) is 0 Å². The van der Waals surface area contributed by atoms with Crippen molar-refractivity contribution in [1.82, 2.24) is 9.55 Å². The summed E-state index contributed by atoms with van der Waals surface area (Å²) in [7, 11) is 1.52. The van der Waals surface area contributed by atoms with Crippen LogP contribution >= 0.6 is 0 Å². The van der Waals surface area contributed by atoms with E-state index in [9.17, 15) is 9.59 Å². The second-order valence-electron chi connectivity index (χ2n) is 3.75. The van der Waals surface area contributed by atoms with Crippen LogP contribution in [0.25, 0.3) is 11.1 Å². The number of hydrogen-bond acceptors (Lipinski definition) is 5. The number of carboxylic acid groups (broad SMARTS) is 1. The van der Waals surface area contributed by atoms with Gasteiger partial charge in [-0.3, -0.25) is 9.36 Å². The topological polar surface area (TPSA) is 94.6 Å². The van der Waals surface area contributed by atoms with Gasteiger partial charge in [-0.15, -0.1) is 0 Å². The zero-order valence-corrected chi connectivity index (χ0v) is 9.97. The predicted molar refractivity (Wildman–Crippen MR) is 61.8 cm³/mol. The van der Waals surface area contributed by atoms with Crippen LogP contribution in [0.5, 0.6) is 0 Å². The van der Waals surface area contributed by atoms with Gasteiger partial charge in [0.05, 0.1) is 13.2 Å². The third kappa shape index (κ3) is 1.88. The van der Waals surface area contributed by atoms with Gasteiger partial charge < -0.3 is 14.3 Å². The summed E-state index contributed by atoms with van der Waals surface area (Å²) < 4.78 is 11.3. The van der Waals surface area contributed by atoms with Gasteiger partial charge in [0, 0.05) is 7.11 Å². The van der Waals surface area contributed by atoms with Crippen molar-refractivity contribution in [2.45, 2.75) is 13.5 Å². The first-order chi connectivity index (χ1) is 8.56. The minimum atomic E-state index is -1.20. The highest BCUT2D eigenvalue weighted by Crippen LogP contribution is 2.20. The van der Waals surface area contributed by atoms with Crippen molar-refractivity contribution < 1.29 is 19.1 Å². The third-order valence-electron chi connectivity index (χ3n) is 2.60. The molecule has 7 nitrogen and oxygen atoms in total. The number of aromatic nitrogens is 2. The fraction of sp³-hybridized carbons (Fsp3) is 0.364. The van der Waals surface area contributed by atoms with Crippen LogP contribution in [0.4, 0.5) is 0 Å². The van der Waals surface area contributed by atoms with Crippen LogP contribution in [0.3, 0.4) is 0 Å². The number of methoxy groups -OCH3 is 1. The van der Waals surface area contributed by atoms with E-state index in [4.69, 9.17) is 14.3 Å². The number of aromatic carboxylic acids is 1. The molecule has 96 valence electrons. The molecule has 2 aromatic rings. The summed E-state index contributed by atoms with van der Waals surface area (Å²) >= 11 is 0. The number of carboxylic acids is 1. The van der Waals surface area contributed by atoms with E-state index in [0.29, 0.717) is 13.2 Å². The monoisotopic (exact) mass is 252 g/mol. The molecule has 0 atom stereocenters. The number of hydrogen-bond donors (Lipinski definition) is 1. The van der Waals surface area contributed by atoms with E-state index in [2.05, 4.69) is 4.98 Å². The Morgan fingerprint density at radius 3 is 2.94 bits per heavy atom. The van der Waals surface area contributed by atoms with Crippen LogP contribution in [0.2, 0.25) is 0 Å². The van der Waals surface area contributed by atoms with E-state index in [1.165, 1.54) is 24.9 Å². The van der Waals surface area contributed by atoms with Crippen molar-refractivity contribution in [3.8, 4) is 0 Å². The van der Waals surface area contributed by atoms with Crippen LogP contribution in [0.15, 0.2) is 15.5 Å². The predicted octanol–water partition coefficient (Wildman–Crippen LogP) is 0.643. The fourth-order valence-electron chi connectivity index (χ4n) is 1.74. The molecule has 0 amide bonds. The smallest absolute Gasteiger partial charge is 0.340 e. The van der Waals surface area contributed by atoms with Crippen molar-refractivity contribution in [2.24, 2.45) is 0 Å². The first-order valence-electron chi connectivity index (χ1n) is 5.27. The molecule has 2 rings (SSSR count). The minimum absolute atomic E-state index is 0.00129. The van der Waals surface area contributed by atoms with Gasteiger partial charge in [-0.25, -0.2) is 9.78 Å². The maximum absolute atomic E-state index is 12.1. The van der Waals surface area contributed by atoms with Crippen LogP contribution in [0.1, 0.15) is 16.1 Å². The van der Waals surface area contributed by atoms with Gasteiger partial charge in [0.1, 0.15) is 23.0 Å². The Morgan fingerprint density at radius 1 is 1.61 bits per heavy atom. The van der Waals surface area contributed by atoms with E-state index in [0.717, 1.165) is 0 Å². The van der Waals surface area contributed by atoms with E-state index < -0.39 is 11.5 Å². The summed E-state index contributed by atoms with van der Waals surface area (Å²) in [6.07, 6.45) is 1.32. The Hall–Kier alpha value is -2.15. The minimum Gasteiger partial charge on any atom is -0.478 e. The van der Waals surface area contributed by atoms with Crippen molar-refractivity contribution in [3.05, 3.63) is 28.0 Å². The summed E-state index contributed by atoms with van der Waals surface area (Å²) in [5, 5.41) is 9.08. The van der Waals surface area contributed by atoms with Gasteiger partial charge in [-0.05, 0) is 6.92 Å². The van der Waals surface area contributed by atoms with Gasteiger partial charge in [0.15, 0.2) is 0 Å². The lowest BCUT2D eigenvalue weighted by molar-refractivity contribution is 0.0697. The quantitative estimate of drug-likeness (QED) is 0.858. The Morgan fingerprint density at radius 2 is 2.33 bits per heavy atom. The first kappa shape index (κ1) is 12.3. The zero-order chi connectivity index (χ0) is 13.3. The Labute approximate surface area is 102 Å². The molecule has 0 bridgehead atoms. The molecule has 2 aromatic heterocycles. The maximum atomic E-state index is 12.1. The Balaban J connectivity index is 2.68. The largest absolute Gasteiger partial charge is 0.478 e. The molecule has 1 N–H and O–H groups in total. The van der Waals surface area contributed by atoms with Crippen molar-refractivity contribution >= 4 is 17.1 Å². The molecule has 2 heterocycles. The van der Waals surface area contributed by atoms with Crippen molar-refractivity contribution in [2.75, 3.05) is 13.7 Å². The van der Waals surface area contributed by atoms with Gasteiger partial charge in [0.25, 0.3) is 5.56 Å². The molecule has 0 aliphatic carbocycles. The summed E-state index contributed by atoms with van der Waals surface area (Å²) in [5.41, 5.74) is -0.524. The molecule has 0 aromatic carbocycles. The number of aryl methyl sites for hydroxylation is 1. The highest BCUT2D eigenvalue weighted by atomic mass is 16.5. The molecule has 0 spiro atoms. The number of furan rings is 1. The highest BCUT2D eigenvalue weighted by molar-refractivity contribution is 6.02. The molecule has 18 heavy (non-hydrogen) atoms. The Kier molecular flexibility index (Phi) is 3.15. The molecule has 0 radical (unpaired) electrons. The molecule has 0 fully saturated rings. The lowest BCUT2D eigenvalue weighted by Gasteiger charge is -2.03. The zero-order valence-electron chi connectivity index (χ0n) is 9.97. The molecule has 0 unspecified atom stereocenters. The number of ether oxygens (including phenoxy) is 1. The molecule has 0 aliphatic rings. The molecule has 7 heteroatoms. The van der Waals surface area contributed by atoms with Crippen LogP contribution in [-0.2, 0) is 11.3 Å². The molecular formula is C11H12N2O5. The molecule has 0 saturated heterocycles. The van der Waals surface area contributed by atoms with Crippen LogP contribution in [-0.4, -0.2) is 34.3 Å². The molecule has 0 saturated carbocycles.